The molecule has 0 aliphatic rings. The fourth-order valence-electron chi connectivity index (χ4n) is 1.31. The van der Waals surface area contributed by atoms with Gasteiger partial charge in [0.1, 0.15) is 0 Å². The summed E-state index contributed by atoms with van der Waals surface area (Å²) in [5.74, 6) is 0.156. The van der Waals surface area contributed by atoms with Crippen LogP contribution in [0.2, 0.25) is 0 Å². The molecule has 74 valence electrons. The lowest BCUT2D eigenvalue weighted by Crippen LogP contribution is -2.08. The minimum absolute atomic E-state index is 0.392. The lowest BCUT2D eigenvalue weighted by molar-refractivity contribution is 0.406. The molecule has 0 amide bonds. The monoisotopic (exact) mass is 257 g/mol. The van der Waals surface area contributed by atoms with Gasteiger partial charge in [-0.1, -0.05) is 15.9 Å². The number of hydrogen-bond donors (Lipinski definition) is 0. The van der Waals surface area contributed by atoms with E-state index in [0.29, 0.717) is 16.8 Å². The number of aryl methyl sites for hydroxylation is 1. The number of nitrogens with zero attached hydrogens (tertiary/aromatic N) is 1. The van der Waals surface area contributed by atoms with Crippen molar-refractivity contribution in [2.24, 2.45) is 7.05 Å². The molecule has 0 saturated heterocycles. The van der Waals surface area contributed by atoms with Crippen LogP contribution in [-0.4, -0.2) is 11.7 Å². The van der Waals surface area contributed by atoms with E-state index in [1.807, 2.05) is 6.07 Å². The highest BCUT2D eigenvalue weighted by Gasteiger charge is 2.11. The SMILES string of the molecule is COc1cc(Br)cc2c1oc(=O)n2C. The van der Waals surface area contributed by atoms with Gasteiger partial charge >= 0.3 is 5.76 Å². The van der Waals surface area contributed by atoms with Crippen molar-refractivity contribution in [2.75, 3.05) is 7.11 Å². The summed E-state index contributed by atoms with van der Waals surface area (Å²) in [5.41, 5.74) is 1.18. The van der Waals surface area contributed by atoms with Gasteiger partial charge < -0.3 is 9.15 Å². The number of ether oxygens (including phenoxy) is 1. The van der Waals surface area contributed by atoms with Crippen LogP contribution < -0.4 is 10.5 Å². The quantitative estimate of drug-likeness (QED) is 0.784. The fraction of sp³-hybridized carbons (Fsp3) is 0.222. The predicted octanol–water partition coefficient (Wildman–Crippen LogP) is 1.90. The van der Waals surface area contributed by atoms with Gasteiger partial charge in [-0.15, -0.1) is 0 Å². The van der Waals surface area contributed by atoms with E-state index in [2.05, 4.69) is 15.9 Å². The molecule has 0 aliphatic carbocycles. The van der Waals surface area contributed by atoms with Crippen molar-refractivity contribution < 1.29 is 9.15 Å². The Kier molecular flexibility index (Phi) is 2.11. The number of oxazole rings is 1. The number of fused-ring (bicyclic) bond motifs is 1. The van der Waals surface area contributed by atoms with Gasteiger partial charge in [0, 0.05) is 11.5 Å². The molecular weight excluding hydrogens is 250 g/mol. The molecule has 0 radical (unpaired) electrons. The summed E-state index contributed by atoms with van der Waals surface area (Å²) in [7, 11) is 3.19. The van der Waals surface area contributed by atoms with E-state index in [4.69, 9.17) is 9.15 Å². The van der Waals surface area contributed by atoms with E-state index in [1.165, 1.54) is 11.7 Å². The molecule has 0 unspecified atom stereocenters. The summed E-state index contributed by atoms with van der Waals surface area (Å²) >= 11 is 3.33. The van der Waals surface area contributed by atoms with Crippen LogP contribution in [0.3, 0.4) is 0 Å². The van der Waals surface area contributed by atoms with Crippen LogP contribution in [0, 0.1) is 0 Å². The highest BCUT2D eigenvalue weighted by molar-refractivity contribution is 9.10. The molecule has 0 atom stereocenters. The number of methoxy groups -OCH3 is 1. The molecule has 5 heteroatoms. The van der Waals surface area contributed by atoms with Gasteiger partial charge in [0.05, 0.1) is 12.6 Å². The van der Waals surface area contributed by atoms with Gasteiger partial charge in [0.15, 0.2) is 11.3 Å². The second-order valence-electron chi connectivity index (χ2n) is 2.88. The molecule has 1 aromatic carbocycles. The molecule has 0 saturated carbocycles. The normalized spacial score (nSPS) is 10.8. The number of benzene rings is 1. The smallest absolute Gasteiger partial charge is 0.419 e. The zero-order chi connectivity index (χ0) is 10.3. The van der Waals surface area contributed by atoms with E-state index in [0.717, 1.165) is 4.47 Å². The Morgan fingerprint density at radius 2 is 2.21 bits per heavy atom. The number of halogens is 1. The summed E-state index contributed by atoms with van der Waals surface area (Å²) in [6.45, 7) is 0. The van der Waals surface area contributed by atoms with Crippen LogP contribution >= 0.6 is 15.9 Å². The Bertz CT molecular complexity index is 541. The van der Waals surface area contributed by atoms with E-state index in [9.17, 15) is 4.79 Å². The number of aromatic nitrogens is 1. The molecule has 0 aliphatic heterocycles. The highest BCUT2D eigenvalue weighted by atomic mass is 79.9. The summed E-state index contributed by atoms with van der Waals surface area (Å²) < 4.78 is 12.4. The van der Waals surface area contributed by atoms with Crippen LogP contribution in [0.25, 0.3) is 11.1 Å². The fourth-order valence-corrected chi connectivity index (χ4v) is 1.74. The van der Waals surface area contributed by atoms with E-state index >= 15 is 0 Å². The van der Waals surface area contributed by atoms with Crippen molar-refractivity contribution in [3.63, 3.8) is 0 Å². The topological polar surface area (TPSA) is 44.4 Å². The third-order valence-corrected chi connectivity index (χ3v) is 2.50. The lowest BCUT2D eigenvalue weighted by atomic mass is 10.3. The van der Waals surface area contributed by atoms with Crippen LogP contribution in [-0.2, 0) is 7.05 Å². The maximum Gasteiger partial charge on any atom is 0.419 e. The first-order chi connectivity index (χ1) is 6.63. The maximum absolute atomic E-state index is 11.2. The van der Waals surface area contributed by atoms with Crippen molar-refractivity contribution in [3.8, 4) is 5.75 Å². The first kappa shape index (κ1) is 9.33. The largest absolute Gasteiger partial charge is 0.493 e. The maximum atomic E-state index is 11.2. The minimum atomic E-state index is -0.392. The summed E-state index contributed by atoms with van der Waals surface area (Å²) in [6.07, 6.45) is 0. The van der Waals surface area contributed by atoms with Crippen LogP contribution in [0.1, 0.15) is 0 Å². The van der Waals surface area contributed by atoms with Gasteiger partial charge in [0.25, 0.3) is 0 Å². The van der Waals surface area contributed by atoms with Gasteiger partial charge in [-0.3, -0.25) is 4.57 Å². The second kappa shape index (κ2) is 3.16. The lowest BCUT2D eigenvalue weighted by Gasteiger charge is -2.00. The Morgan fingerprint density at radius 3 is 2.86 bits per heavy atom. The van der Waals surface area contributed by atoms with E-state index < -0.39 is 5.76 Å². The van der Waals surface area contributed by atoms with Crippen molar-refractivity contribution >= 4 is 27.0 Å². The molecule has 2 rings (SSSR count). The average Bonchev–Trinajstić information content (AvgIpc) is 2.43. The Hall–Kier alpha value is -1.23. The number of rotatable bonds is 1. The molecule has 0 N–H and O–H groups in total. The molecule has 0 spiro atoms. The third kappa shape index (κ3) is 1.24. The highest BCUT2D eigenvalue weighted by Crippen LogP contribution is 2.28. The average molecular weight is 258 g/mol. The predicted molar refractivity (Wildman–Crippen MR) is 55.7 cm³/mol. The molecule has 0 fully saturated rings. The van der Waals surface area contributed by atoms with Gasteiger partial charge in [-0.05, 0) is 12.1 Å². The van der Waals surface area contributed by atoms with Crippen LogP contribution in [0.15, 0.2) is 25.8 Å². The van der Waals surface area contributed by atoms with Crippen LogP contribution in [0.5, 0.6) is 5.75 Å². The Morgan fingerprint density at radius 1 is 1.50 bits per heavy atom. The zero-order valence-corrected chi connectivity index (χ0v) is 9.29. The standard InChI is InChI=1S/C9H8BrNO3/c1-11-6-3-5(10)4-7(13-2)8(6)14-9(11)12/h3-4H,1-2H3. The van der Waals surface area contributed by atoms with Crippen molar-refractivity contribution in [1.82, 2.24) is 4.57 Å². The van der Waals surface area contributed by atoms with E-state index in [1.54, 1.807) is 13.1 Å². The first-order valence-corrected chi connectivity index (χ1v) is 4.76. The summed E-state index contributed by atoms with van der Waals surface area (Å²) in [4.78, 5) is 11.2. The van der Waals surface area contributed by atoms with Crippen molar-refractivity contribution in [2.45, 2.75) is 0 Å². The minimum Gasteiger partial charge on any atom is -0.493 e. The number of hydrogen-bond acceptors (Lipinski definition) is 3. The summed E-state index contributed by atoms with van der Waals surface area (Å²) in [5, 5.41) is 0. The summed E-state index contributed by atoms with van der Waals surface area (Å²) in [6, 6.07) is 3.56. The second-order valence-corrected chi connectivity index (χ2v) is 3.80. The molecule has 14 heavy (non-hydrogen) atoms. The molecular formula is C9H8BrNO3. The Labute approximate surface area is 88.2 Å². The molecule has 4 nitrogen and oxygen atoms in total. The van der Waals surface area contributed by atoms with Gasteiger partial charge in [-0.2, -0.15) is 0 Å². The van der Waals surface area contributed by atoms with E-state index in [-0.39, 0.29) is 0 Å². The van der Waals surface area contributed by atoms with Crippen molar-refractivity contribution in [3.05, 3.63) is 27.2 Å². The zero-order valence-electron chi connectivity index (χ0n) is 7.70. The van der Waals surface area contributed by atoms with Crippen LogP contribution in [0.4, 0.5) is 0 Å². The Balaban J connectivity index is 2.94. The van der Waals surface area contributed by atoms with Gasteiger partial charge in [0.2, 0.25) is 0 Å². The first-order valence-electron chi connectivity index (χ1n) is 3.96. The molecule has 1 heterocycles. The molecule has 2 aromatic rings. The van der Waals surface area contributed by atoms with Gasteiger partial charge in [-0.25, -0.2) is 4.79 Å². The third-order valence-electron chi connectivity index (χ3n) is 2.04. The van der Waals surface area contributed by atoms with Crippen molar-refractivity contribution in [1.29, 1.82) is 0 Å². The molecule has 1 aromatic heterocycles. The molecule has 0 bridgehead atoms.